The first-order valence-corrected chi connectivity index (χ1v) is 10.3. The lowest BCUT2D eigenvalue weighted by Gasteiger charge is -2.33. The highest BCUT2D eigenvalue weighted by Gasteiger charge is 2.21. The number of hydrogen-bond donors (Lipinski definition) is 2. The Morgan fingerprint density at radius 3 is 2.47 bits per heavy atom. The third kappa shape index (κ3) is 4.32. The number of piperidine rings is 1. The van der Waals surface area contributed by atoms with E-state index in [0.717, 1.165) is 60.3 Å². The zero-order valence-electron chi connectivity index (χ0n) is 17.9. The second-order valence-electron chi connectivity index (χ2n) is 7.88. The van der Waals surface area contributed by atoms with Crippen molar-refractivity contribution in [2.24, 2.45) is 0 Å². The molecule has 3 aromatic heterocycles. The molecule has 156 valence electrons. The summed E-state index contributed by atoms with van der Waals surface area (Å²) in [7, 11) is 0. The molecule has 0 bridgehead atoms. The van der Waals surface area contributed by atoms with Crippen molar-refractivity contribution in [1.82, 2.24) is 24.9 Å². The summed E-state index contributed by atoms with van der Waals surface area (Å²) < 4.78 is 0. The highest BCUT2D eigenvalue weighted by Crippen LogP contribution is 2.22. The molecule has 0 amide bonds. The second kappa shape index (κ2) is 8.22. The maximum Gasteiger partial charge on any atom is 0.254 e. The number of hydrogen-bond acceptors (Lipinski definition) is 7. The van der Waals surface area contributed by atoms with Crippen LogP contribution in [0.2, 0.25) is 0 Å². The van der Waals surface area contributed by atoms with Gasteiger partial charge in [0.25, 0.3) is 5.56 Å². The van der Waals surface area contributed by atoms with Gasteiger partial charge in [-0.3, -0.25) is 4.79 Å². The van der Waals surface area contributed by atoms with Gasteiger partial charge in [-0.1, -0.05) is 0 Å². The maximum absolute atomic E-state index is 12.0. The average molecular weight is 406 g/mol. The molecule has 4 heterocycles. The molecule has 8 heteroatoms. The van der Waals surface area contributed by atoms with Crippen molar-refractivity contribution >= 4 is 11.6 Å². The second-order valence-corrected chi connectivity index (χ2v) is 7.88. The molecule has 2 N–H and O–H groups in total. The molecule has 4 rings (SSSR count). The van der Waals surface area contributed by atoms with E-state index in [2.05, 4.69) is 35.1 Å². The summed E-state index contributed by atoms with van der Waals surface area (Å²) in [4.78, 5) is 35.1. The standard InChI is InChI=1S/C22H27N7O/c1-13-11-20(26-16(4)24-13)29-9-7-18(8-10-29)27-19-6-5-17(12-23-19)21-25-15(3)14(2)22(30)28-21/h5-6,11-12,18H,7-10H2,1-4H3,(H,23,27)(H,25,28,30). The zero-order valence-corrected chi connectivity index (χ0v) is 17.9. The SMILES string of the molecule is Cc1cc(N2CCC(Nc3ccc(-c4nc(C)c(C)c(=O)[nH]4)cn3)CC2)nc(C)n1. The van der Waals surface area contributed by atoms with Crippen LogP contribution in [0.5, 0.6) is 0 Å². The molecule has 0 spiro atoms. The first kappa shape index (κ1) is 20.0. The van der Waals surface area contributed by atoms with Crippen molar-refractivity contribution < 1.29 is 0 Å². The molecule has 30 heavy (non-hydrogen) atoms. The Hall–Kier alpha value is -3.29. The predicted octanol–water partition coefficient (Wildman–Crippen LogP) is 2.94. The Bertz CT molecular complexity index is 1080. The largest absolute Gasteiger partial charge is 0.367 e. The Balaban J connectivity index is 1.38. The number of anilines is 2. The fourth-order valence-corrected chi connectivity index (χ4v) is 3.72. The van der Waals surface area contributed by atoms with Gasteiger partial charge in [0.15, 0.2) is 0 Å². The van der Waals surface area contributed by atoms with Crippen LogP contribution in [0.15, 0.2) is 29.2 Å². The van der Waals surface area contributed by atoms with E-state index >= 15 is 0 Å². The fourth-order valence-electron chi connectivity index (χ4n) is 3.72. The van der Waals surface area contributed by atoms with Gasteiger partial charge in [-0.25, -0.2) is 19.9 Å². The van der Waals surface area contributed by atoms with E-state index in [-0.39, 0.29) is 5.56 Å². The minimum Gasteiger partial charge on any atom is -0.367 e. The van der Waals surface area contributed by atoms with E-state index in [4.69, 9.17) is 0 Å². The quantitative estimate of drug-likeness (QED) is 0.688. The number of nitrogens with one attached hydrogen (secondary N) is 2. The number of aryl methyl sites for hydroxylation is 3. The van der Waals surface area contributed by atoms with E-state index < -0.39 is 0 Å². The number of aromatic amines is 1. The molecule has 0 saturated carbocycles. The number of H-pyrrole nitrogens is 1. The van der Waals surface area contributed by atoms with E-state index in [1.54, 1.807) is 13.1 Å². The number of aromatic nitrogens is 5. The van der Waals surface area contributed by atoms with Crippen LogP contribution in [0.25, 0.3) is 11.4 Å². The topological polar surface area (TPSA) is 99.7 Å². The summed E-state index contributed by atoms with van der Waals surface area (Å²) in [5.41, 5.74) is 3.06. The van der Waals surface area contributed by atoms with Gasteiger partial charge < -0.3 is 15.2 Å². The molecular weight excluding hydrogens is 378 g/mol. The molecule has 0 aromatic carbocycles. The van der Waals surface area contributed by atoms with Crippen molar-refractivity contribution in [3.05, 3.63) is 57.5 Å². The normalized spacial score (nSPS) is 14.7. The third-order valence-corrected chi connectivity index (χ3v) is 5.56. The van der Waals surface area contributed by atoms with Gasteiger partial charge in [-0.2, -0.15) is 0 Å². The third-order valence-electron chi connectivity index (χ3n) is 5.56. The van der Waals surface area contributed by atoms with Crippen LogP contribution in [-0.2, 0) is 0 Å². The summed E-state index contributed by atoms with van der Waals surface area (Å²) in [5, 5.41) is 3.52. The van der Waals surface area contributed by atoms with Gasteiger partial charge >= 0.3 is 0 Å². The molecule has 8 nitrogen and oxygen atoms in total. The summed E-state index contributed by atoms with van der Waals surface area (Å²) in [6.45, 7) is 9.44. The highest BCUT2D eigenvalue weighted by molar-refractivity contribution is 5.56. The number of nitrogens with zero attached hydrogens (tertiary/aromatic N) is 5. The van der Waals surface area contributed by atoms with Crippen LogP contribution in [-0.4, -0.2) is 44.1 Å². The number of pyridine rings is 1. The van der Waals surface area contributed by atoms with Gasteiger partial charge in [-0.15, -0.1) is 0 Å². The van der Waals surface area contributed by atoms with Crippen LogP contribution in [0, 0.1) is 27.7 Å². The van der Waals surface area contributed by atoms with Crippen molar-refractivity contribution in [3.8, 4) is 11.4 Å². The molecule has 1 aliphatic rings. The Kier molecular flexibility index (Phi) is 5.48. The molecule has 3 aromatic rings. The molecule has 1 fully saturated rings. The first-order chi connectivity index (χ1) is 14.4. The summed E-state index contributed by atoms with van der Waals surface area (Å²) in [6, 6.07) is 6.28. The van der Waals surface area contributed by atoms with E-state index in [1.807, 2.05) is 39.0 Å². The predicted molar refractivity (Wildman–Crippen MR) is 118 cm³/mol. The van der Waals surface area contributed by atoms with Crippen LogP contribution in [0.3, 0.4) is 0 Å². The van der Waals surface area contributed by atoms with Crippen molar-refractivity contribution in [3.63, 3.8) is 0 Å². The van der Waals surface area contributed by atoms with Crippen LogP contribution in [0.4, 0.5) is 11.6 Å². The molecule has 1 saturated heterocycles. The van der Waals surface area contributed by atoms with Crippen LogP contribution < -0.4 is 15.8 Å². The van der Waals surface area contributed by atoms with Crippen LogP contribution >= 0.6 is 0 Å². The van der Waals surface area contributed by atoms with Crippen LogP contribution in [0.1, 0.15) is 35.6 Å². The average Bonchev–Trinajstić information content (AvgIpc) is 2.72. The van der Waals surface area contributed by atoms with Gasteiger partial charge in [0.1, 0.15) is 23.3 Å². The Labute approximate surface area is 175 Å². The molecule has 0 atom stereocenters. The zero-order chi connectivity index (χ0) is 21.3. The molecular formula is C22H27N7O. The fraction of sp³-hybridized carbons (Fsp3) is 0.409. The smallest absolute Gasteiger partial charge is 0.254 e. The molecule has 0 radical (unpaired) electrons. The van der Waals surface area contributed by atoms with Gasteiger partial charge in [0.05, 0.1) is 0 Å². The van der Waals surface area contributed by atoms with E-state index in [1.165, 1.54) is 0 Å². The van der Waals surface area contributed by atoms with Crippen molar-refractivity contribution in [2.45, 2.75) is 46.6 Å². The Morgan fingerprint density at radius 1 is 1.07 bits per heavy atom. The van der Waals surface area contributed by atoms with E-state index in [9.17, 15) is 4.79 Å². The summed E-state index contributed by atoms with van der Waals surface area (Å²) in [5.74, 6) is 3.20. The Morgan fingerprint density at radius 2 is 1.83 bits per heavy atom. The number of rotatable bonds is 4. The summed E-state index contributed by atoms with van der Waals surface area (Å²) >= 11 is 0. The molecule has 0 unspecified atom stereocenters. The molecule has 0 aliphatic carbocycles. The lowest BCUT2D eigenvalue weighted by Crippen LogP contribution is -2.39. The first-order valence-electron chi connectivity index (χ1n) is 10.3. The summed E-state index contributed by atoms with van der Waals surface area (Å²) in [6.07, 6.45) is 3.77. The van der Waals surface area contributed by atoms with Gasteiger partial charge in [0, 0.05) is 53.9 Å². The van der Waals surface area contributed by atoms with Gasteiger partial charge in [-0.05, 0) is 52.7 Å². The monoisotopic (exact) mass is 405 g/mol. The van der Waals surface area contributed by atoms with Crippen molar-refractivity contribution in [1.29, 1.82) is 0 Å². The lowest BCUT2D eigenvalue weighted by molar-refractivity contribution is 0.521. The highest BCUT2D eigenvalue weighted by atomic mass is 16.1. The van der Waals surface area contributed by atoms with Gasteiger partial charge in [0.2, 0.25) is 0 Å². The minimum atomic E-state index is -0.111. The van der Waals surface area contributed by atoms with Crippen molar-refractivity contribution in [2.75, 3.05) is 23.3 Å². The molecule has 1 aliphatic heterocycles. The lowest BCUT2D eigenvalue weighted by atomic mass is 10.0. The minimum absolute atomic E-state index is 0.111. The maximum atomic E-state index is 12.0. The van der Waals surface area contributed by atoms with E-state index in [0.29, 0.717) is 17.4 Å².